The molecule has 2 aromatic heterocycles. The lowest BCUT2D eigenvalue weighted by molar-refractivity contribution is 0.0673. The van der Waals surface area contributed by atoms with E-state index in [2.05, 4.69) is 24.8 Å². The largest absolute Gasteiger partial charge is 0.497 e. The number of anilines is 1. The van der Waals surface area contributed by atoms with Crippen molar-refractivity contribution >= 4 is 11.7 Å². The summed E-state index contributed by atoms with van der Waals surface area (Å²) in [4.78, 5) is 21.7. The van der Waals surface area contributed by atoms with Crippen LogP contribution in [-0.4, -0.2) is 48.6 Å². The van der Waals surface area contributed by atoms with E-state index in [-0.39, 0.29) is 17.9 Å². The van der Waals surface area contributed by atoms with E-state index in [1.165, 1.54) is 12.5 Å². The fourth-order valence-corrected chi connectivity index (χ4v) is 4.21. The van der Waals surface area contributed by atoms with Crippen LogP contribution in [-0.2, 0) is 0 Å². The smallest absolute Gasteiger partial charge is 0.257 e. The molecular formula is C26H28N4O3. The maximum atomic E-state index is 12.8. The van der Waals surface area contributed by atoms with Gasteiger partial charge in [0, 0.05) is 36.9 Å². The molecular weight excluding hydrogens is 416 g/mol. The summed E-state index contributed by atoms with van der Waals surface area (Å²) in [7, 11) is 1.63. The van der Waals surface area contributed by atoms with Crippen molar-refractivity contribution in [3.05, 3.63) is 65.7 Å². The number of carbonyl (C=O) groups is 1. The van der Waals surface area contributed by atoms with Gasteiger partial charge in [0.2, 0.25) is 0 Å². The second-order valence-corrected chi connectivity index (χ2v) is 8.60. The third kappa shape index (κ3) is 4.42. The monoisotopic (exact) mass is 444 g/mol. The molecule has 33 heavy (non-hydrogen) atoms. The first-order valence-corrected chi connectivity index (χ1v) is 11.1. The Kier molecular flexibility index (Phi) is 6.36. The number of nitriles is 1. The van der Waals surface area contributed by atoms with Crippen molar-refractivity contribution in [3.63, 3.8) is 0 Å². The van der Waals surface area contributed by atoms with Crippen LogP contribution in [0.1, 0.15) is 48.3 Å². The Bertz CT molecular complexity index is 1180. The van der Waals surface area contributed by atoms with E-state index >= 15 is 0 Å². The van der Waals surface area contributed by atoms with E-state index in [0.717, 1.165) is 22.6 Å². The minimum atomic E-state index is -0.0441. The predicted molar refractivity (Wildman–Crippen MR) is 126 cm³/mol. The Morgan fingerprint density at radius 2 is 2.09 bits per heavy atom. The lowest BCUT2D eigenvalue weighted by atomic mass is 9.96. The average Bonchev–Trinajstić information content (AvgIpc) is 3.37. The van der Waals surface area contributed by atoms with E-state index in [4.69, 9.17) is 14.1 Å². The lowest BCUT2D eigenvalue weighted by Gasteiger charge is -2.40. The SMILES string of the molecule is COc1cccc(-c2cc(C(C)C)nc(N3CCN(C(=O)c4ccoc4)C(C)C3)c2C#N)c1. The number of amides is 1. The van der Waals surface area contributed by atoms with Crippen LogP contribution < -0.4 is 9.64 Å². The summed E-state index contributed by atoms with van der Waals surface area (Å²) in [6, 6.07) is 13.8. The van der Waals surface area contributed by atoms with Crippen LogP contribution in [0.25, 0.3) is 11.1 Å². The summed E-state index contributed by atoms with van der Waals surface area (Å²) in [5.74, 6) is 1.56. The van der Waals surface area contributed by atoms with E-state index in [9.17, 15) is 10.1 Å². The van der Waals surface area contributed by atoms with Gasteiger partial charge in [0.1, 0.15) is 29.5 Å². The molecule has 0 saturated carbocycles. The number of rotatable bonds is 5. The number of ether oxygens (including phenoxy) is 1. The Labute approximate surface area is 194 Å². The highest BCUT2D eigenvalue weighted by Gasteiger charge is 2.31. The molecule has 1 amide bonds. The topological polar surface area (TPSA) is 82.6 Å². The van der Waals surface area contributed by atoms with E-state index < -0.39 is 0 Å². The number of aromatic nitrogens is 1. The van der Waals surface area contributed by atoms with Gasteiger partial charge in [0.05, 0.1) is 18.9 Å². The van der Waals surface area contributed by atoms with Gasteiger partial charge in [0.25, 0.3) is 5.91 Å². The van der Waals surface area contributed by atoms with Crippen molar-refractivity contribution in [2.75, 3.05) is 31.6 Å². The molecule has 0 radical (unpaired) electrons. The number of methoxy groups -OCH3 is 1. The molecule has 170 valence electrons. The Balaban J connectivity index is 1.71. The number of hydrogen-bond acceptors (Lipinski definition) is 6. The molecule has 0 N–H and O–H groups in total. The molecule has 4 rings (SSSR count). The van der Waals surface area contributed by atoms with E-state index in [1.54, 1.807) is 13.2 Å². The quantitative estimate of drug-likeness (QED) is 0.567. The lowest BCUT2D eigenvalue weighted by Crippen LogP contribution is -2.54. The number of piperazine rings is 1. The number of furan rings is 1. The molecule has 7 heteroatoms. The van der Waals surface area contributed by atoms with Crippen molar-refractivity contribution in [2.45, 2.75) is 32.7 Å². The third-order valence-electron chi connectivity index (χ3n) is 6.06. The van der Waals surface area contributed by atoms with Gasteiger partial charge in [-0.05, 0) is 42.7 Å². The molecule has 1 fully saturated rings. The van der Waals surface area contributed by atoms with Gasteiger partial charge in [0.15, 0.2) is 0 Å². The zero-order chi connectivity index (χ0) is 23.5. The number of nitrogens with zero attached hydrogens (tertiary/aromatic N) is 4. The maximum absolute atomic E-state index is 12.8. The number of benzene rings is 1. The van der Waals surface area contributed by atoms with Gasteiger partial charge in [-0.15, -0.1) is 0 Å². The van der Waals surface area contributed by atoms with Gasteiger partial charge < -0.3 is 19.0 Å². The molecule has 7 nitrogen and oxygen atoms in total. The molecule has 1 aliphatic rings. The first kappa shape index (κ1) is 22.4. The van der Waals surface area contributed by atoms with Crippen molar-refractivity contribution in [1.29, 1.82) is 5.26 Å². The summed E-state index contributed by atoms with van der Waals surface area (Å²) in [5, 5.41) is 10.2. The molecule has 0 spiro atoms. The summed E-state index contributed by atoms with van der Waals surface area (Å²) in [5.41, 5.74) is 3.77. The van der Waals surface area contributed by atoms with Crippen molar-refractivity contribution < 1.29 is 13.9 Å². The van der Waals surface area contributed by atoms with Crippen LogP contribution in [0.15, 0.2) is 53.3 Å². The molecule has 0 bridgehead atoms. The second-order valence-electron chi connectivity index (χ2n) is 8.60. The highest BCUT2D eigenvalue weighted by atomic mass is 16.5. The summed E-state index contributed by atoms with van der Waals surface area (Å²) < 4.78 is 10.5. The van der Waals surface area contributed by atoms with Crippen molar-refractivity contribution in [1.82, 2.24) is 9.88 Å². The molecule has 0 aliphatic carbocycles. The van der Waals surface area contributed by atoms with Crippen LogP contribution in [0.3, 0.4) is 0 Å². The zero-order valence-electron chi connectivity index (χ0n) is 19.4. The average molecular weight is 445 g/mol. The molecule has 1 unspecified atom stereocenters. The summed E-state index contributed by atoms with van der Waals surface area (Å²) in [6.07, 6.45) is 2.98. The fraction of sp³-hybridized carbons (Fsp3) is 0.346. The van der Waals surface area contributed by atoms with Crippen molar-refractivity contribution in [2.24, 2.45) is 0 Å². The highest BCUT2D eigenvalue weighted by Crippen LogP contribution is 2.35. The molecule has 1 aliphatic heterocycles. The van der Waals surface area contributed by atoms with E-state index in [1.807, 2.05) is 42.2 Å². The summed E-state index contributed by atoms with van der Waals surface area (Å²) >= 11 is 0. The summed E-state index contributed by atoms with van der Waals surface area (Å²) in [6.45, 7) is 7.93. The van der Waals surface area contributed by atoms with Crippen molar-refractivity contribution in [3.8, 4) is 22.9 Å². The highest BCUT2D eigenvalue weighted by molar-refractivity contribution is 5.94. The van der Waals surface area contributed by atoms with E-state index in [0.29, 0.717) is 36.6 Å². The van der Waals surface area contributed by atoms with Gasteiger partial charge in [-0.3, -0.25) is 4.79 Å². The normalized spacial score (nSPS) is 16.1. The molecule has 1 aromatic carbocycles. The number of carbonyl (C=O) groups excluding carboxylic acids is 1. The van der Waals surface area contributed by atoms with Gasteiger partial charge in [-0.25, -0.2) is 4.98 Å². The first-order chi connectivity index (χ1) is 15.9. The van der Waals surface area contributed by atoms with Gasteiger partial charge in [-0.1, -0.05) is 26.0 Å². The molecule has 1 saturated heterocycles. The molecule has 3 aromatic rings. The van der Waals surface area contributed by atoms with Crippen LogP contribution >= 0.6 is 0 Å². The standard InChI is InChI=1S/C26H28N4O3/c1-17(2)24-13-22(19-6-5-7-21(12-19)32-4)23(14-27)25(28-24)29-9-10-30(18(3)15-29)26(31)20-8-11-33-16-20/h5-8,11-13,16-18H,9-10,15H2,1-4H3. The van der Waals surface area contributed by atoms with Crippen LogP contribution in [0.4, 0.5) is 5.82 Å². The minimum absolute atomic E-state index is 0.0440. The minimum Gasteiger partial charge on any atom is -0.497 e. The molecule has 3 heterocycles. The molecule has 1 atom stereocenters. The Morgan fingerprint density at radius 3 is 2.73 bits per heavy atom. The second kappa shape index (κ2) is 9.37. The zero-order valence-corrected chi connectivity index (χ0v) is 19.4. The van der Waals surface area contributed by atoms with Crippen LogP contribution in [0.2, 0.25) is 0 Å². The third-order valence-corrected chi connectivity index (χ3v) is 6.06. The number of pyridine rings is 1. The first-order valence-electron chi connectivity index (χ1n) is 11.1. The predicted octanol–water partition coefficient (Wildman–Crippen LogP) is 4.70. The fourth-order valence-electron chi connectivity index (χ4n) is 4.21. The van der Waals surface area contributed by atoms with Crippen LogP contribution in [0.5, 0.6) is 5.75 Å². The Morgan fingerprint density at radius 1 is 1.27 bits per heavy atom. The Hall–Kier alpha value is -3.79. The van der Waals surface area contributed by atoms with Gasteiger partial charge in [-0.2, -0.15) is 5.26 Å². The van der Waals surface area contributed by atoms with Crippen LogP contribution in [0, 0.1) is 11.3 Å². The number of hydrogen-bond donors (Lipinski definition) is 0. The maximum Gasteiger partial charge on any atom is 0.257 e. The van der Waals surface area contributed by atoms with Gasteiger partial charge >= 0.3 is 0 Å².